The summed E-state index contributed by atoms with van der Waals surface area (Å²) in [5, 5.41) is 5.33. The predicted molar refractivity (Wildman–Crippen MR) is 130 cm³/mol. The second-order valence-corrected chi connectivity index (χ2v) is 8.45. The zero-order chi connectivity index (χ0) is 24.2. The Morgan fingerprint density at radius 3 is 2.68 bits per heavy atom. The SMILES string of the molecule is CCC1=C(C(=O)OC)[C@H](c2cccc(F)c2)N2C(CC(=O)Nc3cccc(OC)c3)=CSC2=N1. The lowest BCUT2D eigenvalue weighted by Gasteiger charge is -2.36. The fourth-order valence-electron chi connectivity index (χ4n) is 3.97. The number of ether oxygens (including phenoxy) is 2. The predicted octanol–water partition coefficient (Wildman–Crippen LogP) is 5.00. The number of esters is 1. The van der Waals surface area contributed by atoms with Gasteiger partial charge in [-0.1, -0.05) is 36.9 Å². The van der Waals surface area contributed by atoms with Crippen LogP contribution < -0.4 is 10.1 Å². The van der Waals surface area contributed by atoms with Crippen molar-refractivity contribution in [3.05, 3.63) is 82.3 Å². The summed E-state index contributed by atoms with van der Waals surface area (Å²) in [5.41, 5.74) is 2.74. The average molecular weight is 482 g/mol. The second kappa shape index (κ2) is 10.1. The van der Waals surface area contributed by atoms with Gasteiger partial charge in [0.05, 0.1) is 38.0 Å². The summed E-state index contributed by atoms with van der Waals surface area (Å²) in [7, 11) is 2.86. The van der Waals surface area contributed by atoms with Crippen LogP contribution in [-0.4, -0.2) is 36.2 Å². The zero-order valence-electron chi connectivity index (χ0n) is 19.0. The van der Waals surface area contributed by atoms with Crippen LogP contribution in [-0.2, 0) is 14.3 Å². The molecular weight excluding hydrogens is 457 g/mol. The minimum atomic E-state index is -0.670. The molecule has 2 aliphatic heterocycles. The quantitative estimate of drug-likeness (QED) is 0.561. The third kappa shape index (κ3) is 4.70. The minimum Gasteiger partial charge on any atom is -0.497 e. The molecule has 0 unspecified atom stereocenters. The molecule has 1 N–H and O–H groups in total. The lowest BCUT2D eigenvalue weighted by atomic mass is 9.93. The summed E-state index contributed by atoms with van der Waals surface area (Å²) < 4.78 is 24.5. The number of nitrogens with zero attached hydrogens (tertiary/aromatic N) is 2. The summed E-state index contributed by atoms with van der Waals surface area (Å²) in [6.45, 7) is 1.90. The molecule has 0 spiro atoms. The van der Waals surface area contributed by atoms with Crippen molar-refractivity contribution in [1.82, 2.24) is 4.90 Å². The molecule has 2 aromatic carbocycles. The van der Waals surface area contributed by atoms with Crippen molar-refractivity contribution in [2.45, 2.75) is 25.8 Å². The standard InChI is InChI=1S/C25H24FN3O4S/c1-4-20-22(24(31)33-3)23(15-7-5-8-16(26)11-15)29-18(14-34-25(29)28-20)13-21(30)27-17-9-6-10-19(12-17)32-2/h5-12,14,23H,4,13H2,1-3H3,(H,27,30)/t23-/m0/s1. The Kier molecular flexibility index (Phi) is 7.02. The first-order valence-corrected chi connectivity index (χ1v) is 11.6. The van der Waals surface area contributed by atoms with E-state index < -0.39 is 17.8 Å². The number of amides is 1. The molecule has 0 aliphatic carbocycles. The first kappa shape index (κ1) is 23.6. The molecule has 2 aliphatic rings. The summed E-state index contributed by atoms with van der Waals surface area (Å²) in [4.78, 5) is 32.2. The summed E-state index contributed by atoms with van der Waals surface area (Å²) in [5.74, 6) is -0.572. The maximum absolute atomic E-state index is 14.2. The number of fused-ring (bicyclic) bond motifs is 1. The number of halogens is 1. The number of nitrogens with one attached hydrogen (secondary N) is 1. The molecule has 34 heavy (non-hydrogen) atoms. The number of rotatable bonds is 7. The fourth-order valence-corrected chi connectivity index (χ4v) is 4.91. The Morgan fingerprint density at radius 1 is 1.18 bits per heavy atom. The first-order valence-electron chi connectivity index (χ1n) is 10.7. The van der Waals surface area contributed by atoms with Crippen molar-refractivity contribution in [2.75, 3.05) is 19.5 Å². The highest BCUT2D eigenvalue weighted by molar-refractivity contribution is 8.16. The van der Waals surface area contributed by atoms with E-state index in [0.29, 0.717) is 45.6 Å². The van der Waals surface area contributed by atoms with E-state index in [2.05, 4.69) is 10.3 Å². The molecule has 0 bridgehead atoms. The minimum absolute atomic E-state index is 0.0327. The molecule has 1 amide bonds. The Bertz CT molecular complexity index is 1220. The molecule has 4 rings (SSSR count). The number of aliphatic imine (C=N–C) groups is 1. The van der Waals surface area contributed by atoms with E-state index in [1.54, 1.807) is 43.5 Å². The molecule has 0 saturated heterocycles. The highest BCUT2D eigenvalue weighted by Crippen LogP contribution is 2.45. The number of benzene rings is 2. The van der Waals surface area contributed by atoms with Gasteiger partial charge in [0.15, 0.2) is 5.17 Å². The molecule has 1 atom stereocenters. The van der Waals surface area contributed by atoms with E-state index in [9.17, 15) is 14.0 Å². The Morgan fingerprint density at radius 2 is 1.97 bits per heavy atom. The van der Waals surface area contributed by atoms with Crippen molar-refractivity contribution < 1.29 is 23.5 Å². The molecule has 0 radical (unpaired) electrons. The first-order chi connectivity index (χ1) is 16.4. The third-order valence-corrected chi connectivity index (χ3v) is 6.38. The smallest absolute Gasteiger partial charge is 0.338 e. The van der Waals surface area contributed by atoms with Gasteiger partial charge >= 0.3 is 5.97 Å². The van der Waals surface area contributed by atoms with Gasteiger partial charge in [-0.15, -0.1) is 0 Å². The number of amidine groups is 1. The van der Waals surface area contributed by atoms with Crippen LogP contribution in [0.3, 0.4) is 0 Å². The monoisotopic (exact) mass is 481 g/mol. The lowest BCUT2D eigenvalue weighted by molar-refractivity contribution is -0.136. The molecule has 9 heteroatoms. The van der Waals surface area contributed by atoms with Crippen molar-refractivity contribution in [3.63, 3.8) is 0 Å². The van der Waals surface area contributed by atoms with E-state index in [-0.39, 0.29) is 12.3 Å². The van der Waals surface area contributed by atoms with Gasteiger partial charge in [0.1, 0.15) is 11.6 Å². The topological polar surface area (TPSA) is 80.2 Å². The number of carbonyl (C=O) groups excluding carboxylic acids is 2. The number of hydrogen-bond donors (Lipinski definition) is 1. The van der Waals surface area contributed by atoms with E-state index in [4.69, 9.17) is 9.47 Å². The molecular formula is C25H24FN3O4S. The Balaban J connectivity index is 1.67. The van der Waals surface area contributed by atoms with Gasteiger partial charge in [-0.3, -0.25) is 4.79 Å². The van der Waals surface area contributed by atoms with Crippen LogP contribution in [0.2, 0.25) is 0 Å². The van der Waals surface area contributed by atoms with Gasteiger partial charge in [0.25, 0.3) is 0 Å². The number of methoxy groups -OCH3 is 2. The van der Waals surface area contributed by atoms with Gasteiger partial charge in [0, 0.05) is 17.5 Å². The molecule has 0 saturated carbocycles. The van der Waals surface area contributed by atoms with Crippen LogP contribution in [0.5, 0.6) is 5.75 Å². The summed E-state index contributed by atoms with van der Waals surface area (Å²) in [6, 6.07) is 12.5. The van der Waals surface area contributed by atoms with Crippen molar-refractivity contribution in [2.24, 2.45) is 4.99 Å². The van der Waals surface area contributed by atoms with Gasteiger partial charge in [-0.25, -0.2) is 14.2 Å². The van der Waals surface area contributed by atoms with Gasteiger partial charge in [-0.05, 0) is 41.7 Å². The molecule has 0 aromatic heterocycles. The average Bonchev–Trinajstić information content (AvgIpc) is 3.24. The molecule has 2 aromatic rings. The molecule has 2 heterocycles. The number of thioether (sulfide) groups is 1. The van der Waals surface area contributed by atoms with E-state index in [1.807, 2.05) is 17.2 Å². The third-order valence-electron chi connectivity index (χ3n) is 5.49. The fraction of sp³-hybridized carbons (Fsp3) is 0.240. The van der Waals surface area contributed by atoms with Crippen molar-refractivity contribution >= 4 is 34.5 Å². The van der Waals surface area contributed by atoms with E-state index in [0.717, 1.165) is 0 Å². The van der Waals surface area contributed by atoms with E-state index in [1.165, 1.54) is 31.0 Å². The Labute approximate surface area is 201 Å². The van der Waals surface area contributed by atoms with E-state index >= 15 is 0 Å². The van der Waals surface area contributed by atoms with Crippen molar-refractivity contribution in [1.29, 1.82) is 0 Å². The molecule has 176 valence electrons. The van der Waals surface area contributed by atoms with Crippen LogP contribution in [0.4, 0.5) is 10.1 Å². The van der Waals surface area contributed by atoms with Crippen molar-refractivity contribution in [3.8, 4) is 5.75 Å². The number of allylic oxidation sites excluding steroid dienone is 1. The highest BCUT2D eigenvalue weighted by atomic mass is 32.2. The zero-order valence-corrected chi connectivity index (χ0v) is 19.8. The normalized spacial score (nSPS) is 17.1. The maximum atomic E-state index is 14.2. The molecule has 0 fully saturated rings. The lowest BCUT2D eigenvalue weighted by Crippen LogP contribution is -2.37. The van der Waals surface area contributed by atoms with Crippen LogP contribution in [0, 0.1) is 5.82 Å². The van der Waals surface area contributed by atoms with Crippen LogP contribution in [0.15, 0.2) is 75.9 Å². The highest BCUT2D eigenvalue weighted by Gasteiger charge is 2.41. The Hall–Kier alpha value is -3.59. The number of anilines is 1. The summed E-state index contributed by atoms with van der Waals surface area (Å²) in [6.07, 6.45) is 0.533. The maximum Gasteiger partial charge on any atom is 0.338 e. The van der Waals surface area contributed by atoms with Crippen LogP contribution >= 0.6 is 11.8 Å². The summed E-state index contributed by atoms with van der Waals surface area (Å²) >= 11 is 1.37. The number of carbonyl (C=O) groups is 2. The molecule has 7 nitrogen and oxygen atoms in total. The largest absolute Gasteiger partial charge is 0.497 e. The van der Waals surface area contributed by atoms with Gasteiger partial charge in [0.2, 0.25) is 5.91 Å². The second-order valence-electron chi connectivity index (χ2n) is 7.61. The van der Waals surface area contributed by atoms with Gasteiger partial charge < -0.3 is 19.7 Å². The number of hydrogen-bond acceptors (Lipinski definition) is 7. The van der Waals surface area contributed by atoms with Crippen LogP contribution in [0.25, 0.3) is 0 Å². The van der Waals surface area contributed by atoms with Gasteiger partial charge in [-0.2, -0.15) is 0 Å². The van der Waals surface area contributed by atoms with Crippen LogP contribution in [0.1, 0.15) is 31.4 Å².